The molecule has 3 nitrogen and oxygen atoms in total. The number of hydrogen-bond acceptors (Lipinski definition) is 2. The molecule has 0 saturated carbocycles. The van der Waals surface area contributed by atoms with Crippen molar-refractivity contribution in [3.05, 3.63) is 13.8 Å². The van der Waals surface area contributed by atoms with Crippen LogP contribution < -0.4 is 5.32 Å². The molecule has 17 heavy (non-hydrogen) atoms. The van der Waals surface area contributed by atoms with Gasteiger partial charge in [0.1, 0.15) is 0 Å². The van der Waals surface area contributed by atoms with Gasteiger partial charge in [-0.1, -0.05) is 27.7 Å². The minimum absolute atomic E-state index is 0.286. The van der Waals surface area contributed by atoms with Crippen LogP contribution in [0, 0.1) is 25.2 Å². The van der Waals surface area contributed by atoms with Crippen LogP contribution in [0.25, 0.3) is 0 Å². The molecule has 3 heteroatoms. The minimum atomic E-state index is -0.336. The first kappa shape index (κ1) is 16.3. The second-order valence-corrected chi connectivity index (χ2v) is 5.43. The van der Waals surface area contributed by atoms with Gasteiger partial charge in [-0.15, -0.1) is 0 Å². The van der Waals surface area contributed by atoms with Crippen LogP contribution in [0.4, 0.5) is 4.79 Å². The second-order valence-electron chi connectivity index (χ2n) is 5.43. The van der Waals surface area contributed by atoms with Crippen LogP contribution in [0.5, 0.6) is 0 Å². The predicted molar refractivity (Wildman–Crippen MR) is 71.5 cm³/mol. The Kier molecular flexibility index (Phi) is 8.01. The van der Waals surface area contributed by atoms with Crippen molar-refractivity contribution >= 4 is 6.09 Å². The lowest BCUT2D eigenvalue weighted by atomic mass is 9.80. The third-order valence-corrected chi connectivity index (χ3v) is 2.86. The summed E-state index contributed by atoms with van der Waals surface area (Å²) in [7, 11) is 0. The van der Waals surface area contributed by atoms with E-state index in [4.69, 9.17) is 4.74 Å². The maximum atomic E-state index is 11.2. The molecular formula is C14H27NO2. The van der Waals surface area contributed by atoms with Crippen LogP contribution in [0.1, 0.15) is 46.5 Å². The van der Waals surface area contributed by atoms with E-state index in [0.717, 1.165) is 19.3 Å². The van der Waals surface area contributed by atoms with Gasteiger partial charge in [-0.25, -0.2) is 4.79 Å². The third kappa shape index (κ3) is 9.02. The highest BCUT2D eigenvalue weighted by atomic mass is 16.5. The fraction of sp³-hybridized carbons (Fsp3) is 0.786. The van der Waals surface area contributed by atoms with Crippen molar-refractivity contribution in [2.75, 3.05) is 13.2 Å². The standard InChI is InChI=1S/C14H27NO2/c1-6-10-17-13(16)15-9-8-12(3)11-14(4,5)7-2/h12H,1-2,6-11H2,3-5H3,(H,15,16). The first-order valence-electron chi connectivity index (χ1n) is 6.40. The van der Waals surface area contributed by atoms with Crippen LogP contribution in [-0.4, -0.2) is 19.2 Å². The molecule has 1 N–H and O–H groups in total. The number of amides is 1. The molecule has 0 rings (SSSR count). The summed E-state index contributed by atoms with van der Waals surface area (Å²) in [5, 5.41) is 2.75. The SMILES string of the molecule is [CH2]CCOC(=O)NCCC(C)CC(C)(C)C[CH2]. The van der Waals surface area contributed by atoms with E-state index >= 15 is 0 Å². The Morgan fingerprint density at radius 1 is 1.41 bits per heavy atom. The van der Waals surface area contributed by atoms with Gasteiger partial charge in [-0.3, -0.25) is 0 Å². The molecule has 0 bridgehead atoms. The van der Waals surface area contributed by atoms with Crippen LogP contribution in [-0.2, 0) is 4.74 Å². The highest BCUT2D eigenvalue weighted by Crippen LogP contribution is 2.29. The average molecular weight is 241 g/mol. The van der Waals surface area contributed by atoms with E-state index in [1.807, 2.05) is 0 Å². The monoisotopic (exact) mass is 241 g/mol. The lowest BCUT2D eigenvalue weighted by molar-refractivity contribution is 0.147. The highest BCUT2D eigenvalue weighted by Gasteiger charge is 2.18. The summed E-state index contributed by atoms with van der Waals surface area (Å²) in [5.74, 6) is 0.583. The van der Waals surface area contributed by atoms with E-state index in [9.17, 15) is 4.79 Å². The molecule has 0 aliphatic rings. The largest absolute Gasteiger partial charge is 0.450 e. The Morgan fingerprint density at radius 3 is 2.59 bits per heavy atom. The number of carbonyl (C=O) groups is 1. The first-order chi connectivity index (χ1) is 7.91. The van der Waals surface area contributed by atoms with Gasteiger partial charge in [-0.05, 0) is 43.9 Å². The lowest BCUT2D eigenvalue weighted by Crippen LogP contribution is -2.27. The second kappa shape index (κ2) is 8.37. The van der Waals surface area contributed by atoms with Gasteiger partial charge in [0.05, 0.1) is 6.61 Å². The Labute approximate surface area is 106 Å². The molecule has 0 fully saturated rings. The average Bonchev–Trinajstić information content (AvgIpc) is 2.25. The maximum absolute atomic E-state index is 11.2. The number of hydrogen-bond donors (Lipinski definition) is 1. The summed E-state index contributed by atoms with van der Waals surface area (Å²) in [6, 6.07) is 0. The molecule has 1 atom stereocenters. The molecule has 0 aliphatic heterocycles. The molecular weight excluding hydrogens is 214 g/mol. The van der Waals surface area contributed by atoms with Crippen molar-refractivity contribution in [3.8, 4) is 0 Å². The fourth-order valence-electron chi connectivity index (χ4n) is 1.78. The first-order valence-corrected chi connectivity index (χ1v) is 6.40. The lowest BCUT2D eigenvalue weighted by Gasteiger charge is -2.26. The van der Waals surface area contributed by atoms with E-state index in [0.29, 0.717) is 25.5 Å². The van der Waals surface area contributed by atoms with Crippen molar-refractivity contribution in [2.24, 2.45) is 11.3 Å². The van der Waals surface area contributed by atoms with Crippen molar-refractivity contribution in [1.29, 1.82) is 0 Å². The van der Waals surface area contributed by atoms with E-state index < -0.39 is 0 Å². The summed E-state index contributed by atoms with van der Waals surface area (Å²) >= 11 is 0. The van der Waals surface area contributed by atoms with Crippen LogP contribution >= 0.6 is 0 Å². The van der Waals surface area contributed by atoms with Crippen molar-refractivity contribution in [1.82, 2.24) is 5.32 Å². The van der Waals surface area contributed by atoms with Crippen molar-refractivity contribution < 1.29 is 9.53 Å². The quantitative estimate of drug-likeness (QED) is 0.705. The Hall–Kier alpha value is -0.730. The zero-order valence-corrected chi connectivity index (χ0v) is 11.6. The van der Waals surface area contributed by atoms with E-state index in [1.54, 1.807) is 0 Å². The van der Waals surface area contributed by atoms with Gasteiger partial charge in [-0.2, -0.15) is 0 Å². The zero-order chi connectivity index (χ0) is 13.3. The molecule has 1 unspecified atom stereocenters. The summed E-state index contributed by atoms with van der Waals surface area (Å²) in [4.78, 5) is 11.2. The maximum Gasteiger partial charge on any atom is 0.407 e. The summed E-state index contributed by atoms with van der Waals surface area (Å²) in [6.45, 7) is 15.3. The Balaban J connectivity index is 3.64. The number of rotatable bonds is 8. The fourth-order valence-corrected chi connectivity index (χ4v) is 1.78. The minimum Gasteiger partial charge on any atom is -0.450 e. The van der Waals surface area contributed by atoms with Gasteiger partial charge in [0.15, 0.2) is 0 Å². The van der Waals surface area contributed by atoms with Gasteiger partial charge in [0, 0.05) is 6.54 Å². The van der Waals surface area contributed by atoms with Crippen LogP contribution in [0.2, 0.25) is 0 Å². The van der Waals surface area contributed by atoms with Crippen molar-refractivity contribution in [3.63, 3.8) is 0 Å². The topological polar surface area (TPSA) is 38.3 Å². The van der Waals surface area contributed by atoms with Gasteiger partial charge in [0.2, 0.25) is 0 Å². The number of carbonyl (C=O) groups excluding carboxylic acids is 1. The molecule has 1 amide bonds. The zero-order valence-electron chi connectivity index (χ0n) is 11.6. The normalized spacial score (nSPS) is 13.2. The smallest absolute Gasteiger partial charge is 0.407 e. The molecule has 0 aromatic carbocycles. The molecule has 0 aromatic rings. The summed E-state index contributed by atoms with van der Waals surface area (Å²) in [5.41, 5.74) is 0.286. The molecule has 0 aromatic heterocycles. The Bertz CT molecular complexity index is 214. The van der Waals surface area contributed by atoms with Gasteiger partial charge < -0.3 is 10.1 Å². The van der Waals surface area contributed by atoms with E-state index in [-0.39, 0.29) is 11.5 Å². The van der Waals surface area contributed by atoms with E-state index in [1.165, 1.54) is 0 Å². The molecule has 0 spiro atoms. The number of alkyl carbamates (subject to hydrolysis) is 1. The molecule has 0 heterocycles. The van der Waals surface area contributed by atoms with Crippen LogP contribution in [0.15, 0.2) is 0 Å². The molecule has 0 saturated heterocycles. The number of nitrogens with one attached hydrogen (secondary N) is 1. The predicted octanol–water partition coefficient (Wildman–Crippen LogP) is 3.60. The number of ether oxygens (including phenoxy) is 1. The van der Waals surface area contributed by atoms with Crippen LogP contribution in [0.3, 0.4) is 0 Å². The molecule has 100 valence electrons. The van der Waals surface area contributed by atoms with E-state index in [2.05, 4.69) is 39.9 Å². The highest BCUT2D eigenvalue weighted by molar-refractivity contribution is 5.66. The van der Waals surface area contributed by atoms with Crippen molar-refractivity contribution in [2.45, 2.75) is 46.5 Å². The summed E-state index contributed by atoms with van der Waals surface area (Å²) < 4.78 is 4.87. The Morgan fingerprint density at radius 2 is 2.06 bits per heavy atom. The molecule has 2 radical (unpaired) electrons. The third-order valence-electron chi connectivity index (χ3n) is 2.86. The van der Waals surface area contributed by atoms with Gasteiger partial charge in [0.25, 0.3) is 0 Å². The van der Waals surface area contributed by atoms with Gasteiger partial charge >= 0.3 is 6.09 Å². The summed E-state index contributed by atoms with van der Waals surface area (Å²) in [6.07, 6.45) is 3.32. The molecule has 0 aliphatic carbocycles.